The molecule has 0 heterocycles. The SMILES string of the molecule is [C-]#[N+]CC(=O)Nc1cc(C)ccc1N. The van der Waals surface area contributed by atoms with Gasteiger partial charge in [0.05, 0.1) is 11.4 Å². The number of hydrogen-bond donors (Lipinski definition) is 2. The van der Waals surface area contributed by atoms with Crippen molar-refractivity contribution in [3.8, 4) is 0 Å². The van der Waals surface area contributed by atoms with Crippen LogP contribution in [0.5, 0.6) is 0 Å². The minimum atomic E-state index is -0.336. The normalized spacial score (nSPS) is 9.14. The van der Waals surface area contributed by atoms with Gasteiger partial charge in [-0.05, 0) is 24.6 Å². The zero-order chi connectivity index (χ0) is 10.6. The topological polar surface area (TPSA) is 59.5 Å². The van der Waals surface area contributed by atoms with Crippen LogP contribution in [0, 0.1) is 13.5 Å². The lowest BCUT2D eigenvalue weighted by atomic mass is 10.2. The van der Waals surface area contributed by atoms with Crippen molar-refractivity contribution in [2.75, 3.05) is 17.6 Å². The van der Waals surface area contributed by atoms with E-state index < -0.39 is 0 Å². The predicted octanol–water partition coefficient (Wildman–Crippen LogP) is 1.44. The molecule has 0 atom stereocenters. The molecule has 72 valence electrons. The number of benzene rings is 1. The fourth-order valence-electron chi connectivity index (χ4n) is 1.04. The Kier molecular flexibility index (Phi) is 3.08. The van der Waals surface area contributed by atoms with E-state index in [0.717, 1.165) is 5.56 Å². The van der Waals surface area contributed by atoms with Gasteiger partial charge in [-0.25, -0.2) is 6.57 Å². The molecule has 0 saturated heterocycles. The van der Waals surface area contributed by atoms with Crippen molar-refractivity contribution in [1.29, 1.82) is 0 Å². The monoisotopic (exact) mass is 189 g/mol. The van der Waals surface area contributed by atoms with Gasteiger partial charge in [-0.15, -0.1) is 0 Å². The van der Waals surface area contributed by atoms with Crippen molar-refractivity contribution in [1.82, 2.24) is 0 Å². The van der Waals surface area contributed by atoms with Gasteiger partial charge in [0, 0.05) is 0 Å². The van der Waals surface area contributed by atoms with E-state index in [-0.39, 0.29) is 12.5 Å². The van der Waals surface area contributed by atoms with Gasteiger partial charge in [-0.2, -0.15) is 0 Å². The Morgan fingerprint density at radius 1 is 1.64 bits per heavy atom. The minimum absolute atomic E-state index is 0.173. The predicted molar refractivity (Wildman–Crippen MR) is 55.7 cm³/mol. The van der Waals surface area contributed by atoms with Gasteiger partial charge in [0.25, 0.3) is 6.54 Å². The molecule has 0 aliphatic rings. The van der Waals surface area contributed by atoms with Gasteiger partial charge in [-0.1, -0.05) is 6.07 Å². The summed E-state index contributed by atoms with van der Waals surface area (Å²) in [6.45, 7) is 8.26. The van der Waals surface area contributed by atoms with Crippen LogP contribution in [0.15, 0.2) is 18.2 Å². The van der Waals surface area contributed by atoms with Crippen molar-refractivity contribution >= 4 is 17.3 Å². The zero-order valence-corrected chi connectivity index (χ0v) is 7.87. The standard InChI is InChI=1S/C10H11N3O/c1-7-3-4-8(11)9(5-7)13-10(14)6-12-2/h3-5H,6,11H2,1H3,(H,13,14). The first-order valence-corrected chi connectivity index (χ1v) is 4.12. The second-order valence-electron chi connectivity index (χ2n) is 2.96. The second kappa shape index (κ2) is 4.28. The lowest BCUT2D eigenvalue weighted by molar-refractivity contribution is -0.114. The minimum Gasteiger partial charge on any atom is -0.397 e. The Balaban J connectivity index is 2.81. The van der Waals surface area contributed by atoms with E-state index in [2.05, 4.69) is 10.2 Å². The summed E-state index contributed by atoms with van der Waals surface area (Å²) in [6.07, 6.45) is 0. The maximum absolute atomic E-state index is 11.1. The van der Waals surface area contributed by atoms with Gasteiger partial charge in [0.2, 0.25) is 0 Å². The summed E-state index contributed by atoms with van der Waals surface area (Å²) in [5.41, 5.74) is 7.73. The molecule has 1 aromatic rings. The number of amides is 1. The van der Waals surface area contributed by atoms with E-state index >= 15 is 0 Å². The molecular weight excluding hydrogens is 178 g/mol. The average Bonchev–Trinajstić information content (AvgIpc) is 2.12. The van der Waals surface area contributed by atoms with E-state index in [4.69, 9.17) is 12.3 Å². The van der Waals surface area contributed by atoms with Crippen molar-refractivity contribution in [3.63, 3.8) is 0 Å². The smallest absolute Gasteiger partial charge is 0.304 e. The van der Waals surface area contributed by atoms with Crippen molar-refractivity contribution in [2.45, 2.75) is 6.92 Å². The van der Waals surface area contributed by atoms with Gasteiger partial charge < -0.3 is 15.9 Å². The third kappa shape index (κ3) is 2.49. The lowest BCUT2D eigenvalue weighted by Crippen LogP contribution is -2.15. The molecule has 4 heteroatoms. The van der Waals surface area contributed by atoms with Crippen LogP contribution in [0.25, 0.3) is 4.85 Å². The van der Waals surface area contributed by atoms with Crippen molar-refractivity contribution < 1.29 is 4.79 Å². The number of rotatable bonds is 2. The van der Waals surface area contributed by atoms with Crippen LogP contribution in [-0.2, 0) is 4.79 Å². The molecule has 0 aliphatic heterocycles. The molecule has 1 rings (SSSR count). The van der Waals surface area contributed by atoms with E-state index in [1.807, 2.05) is 13.0 Å². The third-order valence-electron chi connectivity index (χ3n) is 1.71. The summed E-state index contributed by atoms with van der Waals surface area (Å²) in [7, 11) is 0. The van der Waals surface area contributed by atoms with Gasteiger partial charge in [0.1, 0.15) is 0 Å². The Labute approximate surface area is 82.5 Å². The van der Waals surface area contributed by atoms with Crippen LogP contribution in [0.2, 0.25) is 0 Å². The van der Waals surface area contributed by atoms with Crippen molar-refractivity contribution in [3.05, 3.63) is 35.2 Å². The molecule has 0 fully saturated rings. The molecule has 0 unspecified atom stereocenters. The Hall–Kier alpha value is -2.02. The Bertz CT molecular complexity index is 393. The van der Waals surface area contributed by atoms with Gasteiger partial charge in [0.15, 0.2) is 0 Å². The number of aryl methyl sites for hydroxylation is 1. The second-order valence-corrected chi connectivity index (χ2v) is 2.96. The summed E-state index contributed by atoms with van der Waals surface area (Å²) in [6, 6.07) is 5.36. The van der Waals surface area contributed by atoms with Crippen molar-refractivity contribution in [2.24, 2.45) is 0 Å². The van der Waals surface area contributed by atoms with Gasteiger partial charge >= 0.3 is 5.91 Å². The number of hydrogen-bond acceptors (Lipinski definition) is 2. The third-order valence-corrected chi connectivity index (χ3v) is 1.71. The van der Waals surface area contributed by atoms with Crippen LogP contribution < -0.4 is 11.1 Å². The summed E-state index contributed by atoms with van der Waals surface area (Å²) < 4.78 is 0. The Morgan fingerprint density at radius 3 is 3.00 bits per heavy atom. The molecule has 1 amide bonds. The fourth-order valence-corrected chi connectivity index (χ4v) is 1.04. The largest absolute Gasteiger partial charge is 0.397 e. The van der Waals surface area contributed by atoms with Crippen LogP contribution in [0.4, 0.5) is 11.4 Å². The molecule has 0 aliphatic carbocycles. The highest BCUT2D eigenvalue weighted by atomic mass is 16.1. The highest BCUT2D eigenvalue weighted by molar-refractivity contribution is 5.95. The Morgan fingerprint density at radius 2 is 2.36 bits per heavy atom. The zero-order valence-electron chi connectivity index (χ0n) is 7.87. The summed E-state index contributed by atoms with van der Waals surface area (Å²) in [5.74, 6) is -0.336. The van der Waals surface area contributed by atoms with Crippen LogP contribution >= 0.6 is 0 Å². The summed E-state index contributed by atoms with van der Waals surface area (Å²) in [5, 5.41) is 2.57. The average molecular weight is 189 g/mol. The fraction of sp³-hybridized carbons (Fsp3) is 0.200. The van der Waals surface area contributed by atoms with E-state index in [1.165, 1.54) is 0 Å². The first-order valence-electron chi connectivity index (χ1n) is 4.12. The lowest BCUT2D eigenvalue weighted by Gasteiger charge is -2.06. The molecule has 0 bridgehead atoms. The van der Waals surface area contributed by atoms with E-state index in [0.29, 0.717) is 11.4 Å². The molecule has 0 radical (unpaired) electrons. The highest BCUT2D eigenvalue weighted by Crippen LogP contribution is 2.19. The molecule has 3 N–H and O–H groups in total. The molecule has 4 nitrogen and oxygen atoms in total. The number of nitrogens with two attached hydrogens (primary N) is 1. The molecule has 0 saturated carbocycles. The van der Waals surface area contributed by atoms with Crippen LogP contribution in [-0.4, -0.2) is 12.5 Å². The number of nitrogens with one attached hydrogen (secondary N) is 1. The van der Waals surface area contributed by atoms with Crippen LogP contribution in [0.3, 0.4) is 0 Å². The molecule has 1 aromatic carbocycles. The molecule has 0 aromatic heterocycles. The number of carbonyl (C=O) groups is 1. The number of nitrogens with zero attached hydrogens (tertiary/aromatic N) is 1. The molecular formula is C10H11N3O. The first-order chi connectivity index (χ1) is 6.63. The maximum atomic E-state index is 11.1. The maximum Gasteiger partial charge on any atom is 0.304 e. The molecule has 0 spiro atoms. The first kappa shape index (κ1) is 10.1. The van der Waals surface area contributed by atoms with E-state index in [1.54, 1.807) is 12.1 Å². The van der Waals surface area contributed by atoms with Crippen LogP contribution in [0.1, 0.15) is 5.56 Å². The number of carbonyl (C=O) groups excluding carboxylic acids is 1. The number of nitrogen functional groups attached to an aromatic ring is 1. The number of anilines is 2. The van der Waals surface area contributed by atoms with E-state index in [9.17, 15) is 4.79 Å². The highest BCUT2D eigenvalue weighted by Gasteiger charge is 2.06. The van der Waals surface area contributed by atoms with Gasteiger partial charge in [-0.3, -0.25) is 4.79 Å². The summed E-state index contributed by atoms with van der Waals surface area (Å²) in [4.78, 5) is 14.1. The molecule has 14 heavy (non-hydrogen) atoms. The summed E-state index contributed by atoms with van der Waals surface area (Å²) >= 11 is 0. The quantitative estimate of drug-likeness (QED) is 0.546.